The molecule has 3 aromatic rings. The largest absolute Gasteiger partial charge is 0.383 e. The van der Waals surface area contributed by atoms with Gasteiger partial charge in [-0.2, -0.15) is 4.99 Å². The van der Waals surface area contributed by atoms with E-state index in [-0.39, 0.29) is 17.2 Å². The lowest BCUT2D eigenvalue weighted by Crippen LogP contribution is -2.19. The second-order valence-corrected chi connectivity index (χ2v) is 10.4. The van der Waals surface area contributed by atoms with Crippen LogP contribution in [0.2, 0.25) is 0 Å². The van der Waals surface area contributed by atoms with Crippen LogP contribution in [-0.4, -0.2) is 45.1 Å². The summed E-state index contributed by atoms with van der Waals surface area (Å²) in [4.78, 5) is 18.8. The minimum absolute atomic E-state index is 0.210. The molecule has 0 spiro atoms. The maximum atomic E-state index is 12.6. The summed E-state index contributed by atoms with van der Waals surface area (Å²) in [7, 11) is -1.70. The number of thioether (sulfide) groups is 1. The average molecular weight is 451 g/mol. The molecule has 6 nitrogen and oxygen atoms in total. The Morgan fingerprint density at radius 2 is 1.93 bits per heavy atom. The van der Waals surface area contributed by atoms with Crippen molar-refractivity contribution in [3.63, 3.8) is 0 Å². The van der Waals surface area contributed by atoms with E-state index in [1.807, 2.05) is 35.1 Å². The molecule has 0 N–H and O–H groups in total. The molecule has 29 heavy (non-hydrogen) atoms. The third kappa shape index (κ3) is 5.36. The number of thiazole rings is 1. The molecule has 0 aliphatic carbocycles. The van der Waals surface area contributed by atoms with Gasteiger partial charge in [0.05, 0.1) is 28.1 Å². The van der Waals surface area contributed by atoms with Crippen molar-refractivity contribution in [1.82, 2.24) is 4.57 Å². The number of methoxy groups -OCH3 is 1. The Kier molecular flexibility index (Phi) is 6.94. The number of hydrogen-bond acceptors (Lipinski definition) is 6. The van der Waals surface area contributed by atoms with E-state index in [0.29, 0.717) is 18.0 Å². The van der Waals surface area contributed by atoms with Crippen LogP contribution in [0.15, 0.2) is 57.2 Å². The number of carbonyl (C=O) groups excluding carboxylic acids is 1. The van der Waals surface area contributed by atoms with Gasteiger partial charge in [-0.25, -0.2) is 8.42 Å². The van der Waals surface area contributed by atoms with Gasteiger partial charge in [-0.15, -0.1) is 11.8 Å². The van der Waals surface area contributed by atoms with E-state index in [0.717, 1.165) is 20.7 Å². The van der Waals surface area contributed by atoms with Crippen molar-refractivity contribution >= 4 is 49.1 Å². The number of carbonyl (C=O) groups is 1. The van der Waals surface area contributed by atoms with Gasteiger partial charge in [0.15, 0.2) is 14.6 Å². The Morgan fingerprint density at radius 1 is 1.21 bits per heavy atom. The molecule has 9 heteroatoms. The van der Waals surface area contributed by atoms with Gasteiger partial charge < -0.3 is 9.30 Å². The van der Waals surface area contributed by atoms with Crippen LogP contribution < -0.4 is 4.80 Å². The van der Waals surface area contributed by atoms with Crippen molar-refractivity contribution in [1.29, 1.82) is 0 Å². The summed E-state index contributed by atoms with van der Waals surface area (Å²) >= 11 is 2.95. The number of hydrogen-bond donors (Lipinski definition) is 0. The van der Waals surface area contributed by atoms with Gasteiger partial charge in [-0.1, -0.05) is 23.5 Å². The quantitative estimate of drug-likeness (QED) is 0.517. The minimum Gasteiger partial charge on any atom is -0.383 e. The Hall–Kier alpha value is -1.94. The van der Waals surface area contributed by atoms with Crippen molar-refractivity contribution in [3.05, 3.63) is 52.8 Å². The number of aromatic nitrogens is 1. The van der Waals surface area contributed by atoms with Crippen molar-refractivity contribution in [2.75, 3.05) is 26.2 Å². The summed E-state index contributed by atoms with van der Waals surface area (Å²) in [5.41, 5.74) is 1.73. The molecule has 0 bridgehead atoms. The Morgan fingerprint density at radius 3 is 2.55 bits per heavy atom. The molecule has 0 saturated carbocycles. The third-order valence-electron chi connectivity index (χ3n) is 4.34. The molecule has 1 heterocycles. The third-order valence-corrected chi connectivity index (χ3v) is 7.23. The van der Waals surface area contributed by atoms with Gasteiger partial charge in [0.2, 0.25) is 0 Å². The van der Waals surface area contributed by atoms with E-state index < -0.39 is 9.84 Å². The SMILES string of the molecule is COCCn1c(=NC(=O)Cc2ccc(SC)cc2)sc2cc(S(C)(=O)=O)ccc21. The molecule has 0 unspecified atom stereocenters. The first-order valence-corrected chi connectivity index (χ1v) is 12.8. The summed E-state index contributed by atoms with van der Waals surface area (Å²) < 4.78 is 31.6. The summed E-state index contributed by atoms with van der Waals surface area (Å²) in [6.45, 7) is 0.973. The zero-order chi connectivity index (χ0) is 21.0. The fraction of sp³-hybridized carbons (Fsp3) is 0.300. The van der Waals surface area contributed by atoms with E-state index in [4.69, 9.17) is 4.74 Å². The van der Waals surface area contributed by atoms with Crippen LogP contribution in [0.5, 0.6) is 0 Å². The summed E-state index contributed by atoms with van der Waals surface area (Å²) in [5, 5.41) is 0. The second kappa shape index (κ2) is 9.25. The van der Waals surface area contributed by atoms with E-state index in [2.05, 4.69) is 4.99 Å². The Labute approximate surface area is 178 Å². The zero-order valence-corrected chi connectivity index (χ0v) is 18.9. The first-order chi connectivity index (χ1) is 13.8. The fourth-order valence-corrected chi connectivity index (χ4v) is 5.08. The molecule has 0 atom stereocenters. The number of amides is 1. The monoisotopic (exact) mass is 450 g/mol. The van der Waals surface area contributed by atoms with Crippen LogP contribution in [0.4, 0.5) is 0 Å². The highest BCUT2D eigenvalue weighted by molar-refractivity contribution is 7.98. The molecule has 0 saturated heterocycles. The van der Waals surface area contributed by atoms with Gasteiger partial charge in [0.1, 0.15) is 0 Å². The first kappa shape index (κ1) is 21.8. The van der Waals surface area contributed by atoms with Crippen molar-refractivity contribution < 1.29 is 17.9 Å². The summed E-state index contributed by atoms with van der Waals surface area (Å²) in [5.74, 6) is -0.247. The molecule has 0 aliphatic rings. The number of benzene rings is 2. The lowest BCUT2D eigenvalue weighted by molar-refractivity contribution is -0.117. The van der Waals surface area contributed by atoms with E-state index in [1.165, 1.54) is 17.6 Å². The number of ether oxygens (including phenoxy) is 1. The fourth-order valence-electron chi connectivity index (χ4n) is 2.83. The van der Waals surface area contributed by atoms with Gasteiger partial charge in [0, 0.05) is 24.8 Å². The van der Waals surface area contributed by atoms with Gasteiger partial charge >= 0.3 is 0 Å². The molecule has 154 valence electrons. The predicted molar refractivity (Wildman–Crippen MR) is 117 cm³/mol. The molecule has 0 radical (unpaired) electrons. The number of fused-ring (bicyclic) bond motifs is 1. The zero-order valence-electron chi connectivity index (χ0n) is 16.4. The molecule has 2 aromatic carbocycles. The van der Waals surface area contributed by atoms with Gasteiger partial charge in [0.25, 0.3) is 5.91 Å². The molecule has 3 rings (SSSR count). The average Bonchev–Trinajstić information content (AvgIpc) is 3.02. The molecular weight excluding hydrogens is 428 g/mol. The van der Waals surface area contributed by atoms with E-state index >= 15 is 0 Å². The van der Waals surface area contributed by atoms with E-state index in [9.17, 15) is 13.2 Å². The van der Waals surface area contributed by atoms with Crippen LogP contribution in [0.3, 0.4) is 0 Å². The van der Waals surface area contributed by atoms with Gasteiger partial charge in [-0.3, -0.25) is 4.79 Å². The number of rotatable bonds is 7. The lowest BCUT2D eigenvalue weighted by Gasteiger charge is -2.05. The van der Waals surface area contributed by atoms with Crippen LogP contribution in [0.25, 0.3) is 10.2 Å². The van der Waals surface area contributed by atoms with Crippen molar-refractivity contribution in [2.45, 2.75) is 22.8 Å². The summed E-state index contributed by atoms with van der Waals surface area (Å²) in [6, 6.07) is 12.8. The first-order valence-electron chi connectivity index (χ1n) is 8.84. The van der Waals surface area contributed by atoms with E-state index in [1.54, 1.807) is 37.1 Å². The number of nitrogens with zero attached hydrogens (tertiary/aromatic N) is 2. The highest BCUT2D eigenvalue weighted by Gasteiger charge is 2.13. The standard InChI is InChI=1S/C20H22N2O4S3/c1-26-11-10-22-17-9-8-16(29(3,24)25)13-18(17)28-20(22)21-19(23)12-14-4-6-15(27-2)7-5-14/h4-9,13H,10-12H2,1-3H3. The maximum Gasteiger partial charge on any atom is 0.252 e. The normalized spacial score (nSPS) is 12.6. The van der Waals surface area contributed by atoms with Crippen LogP contribution in [0.1, 0.15) is 5.56 Å². The summed E-state index contributed by atoms with van der Waals surface area (Å²) in [6.07, 6.45) is 3.39. The van der Waals surface area contributed by atoms with Crippen LogP contribution in [0, 0.1) is 0 Å². The highest BCUT2D eigenvalue weighted by atomic mass is 32.2. The van der Waals surface area contributed by atoms with Crippen LogP contribution in [-0.2, 0) is 32.3 Å². The molecule has 1 aromatic heterocycles. The topological polar surface area (TPSA) is 77.7 Å². The molecule has 1 amide bonds. The smallest absolute Gasteiger partial charge is 0.252 e. The maximum absolute atomic E-state index is 12.6. The lowest BCUT2D eigenvalue weighted by atomic mass is 10.1. The highest BCUT2D eigenvalue weighted by Crippen LogP contribution is 2.22. The second-order valence-electron chi connectivity index (χ2n) is 6.46. The Bertz CT molecular complexity index is 1190. The molecule has 0 fully saturated rings. The molecule has 0 aliphatic heterocycles. The van der Waals surface area contributed by atoms with Crippen molar-refractivity contribution in [2.24, 2.45) is 4.99 Å². The van der Waals surface area contributed by atoms with Gasteiger partial charge in [-0.05, 0) is 42.2 Å². The predicted octanol–water partition coefficient (Wildman–Crippen LogP) is 3.14. The Balaban J connectivity index is 1.99. The molecular formula is C20H22N2O4S3. The minimum atomic E-state index is -3.31. The number of sulfone groups is 1. The van der Waals surface area contributed by atoms with Crippen LogP contribution >= 0.6 is 23.1 Å². The van der Waals surface area contributed by atoms with Crippen molar-refractivity contribution in [3.8, 4) is 0 Å².